The predicted octanol–water partition coefficient (Wildman–Crippen LogP) is 3.52. The van der Waals surface area contributed by atoms with Crippen LogP contribution in [-0.2, 0) is 0 Å². The summed E-state index contributed by atoms with van der Waals surface area (Å²) in [6.45, 7) is 0. The number of aromatic nitrogens is 1. The number of halogens is 2. The highest BCUT2D eigenvalue weighted by Gasteiger charge is 2.16. The van der Waals surface area contributed by atoms with E-state index >= 15 is 0 Å². The molecule has 1 aromatic carbocycles. The quantitative estimate of drug-likeness (QED) is 0.877. The average Bonchev–Trinajstić information content (AvgIpc) is 2.47. The lowest BCUT2D eigenvalue weighted by atomic mass is 10.1. The molecule has 1 amide bonds. The maximum absolute atomic E-state index is 12.2. The van der Waals surface area contributed by atoms with E-state index in [1.807, 2.05) is 6.07 Å². The standard InChI is InChI=1S/C14H9Cl2N3O2/c1-21-10-4-2-3-8(7-17)12(10)19-14(20)9-5-6-11(15)18-13(9)16/h2-6H,1H3,(H,19,20). The molecule has 0 fully saturated rings. The Morgan fingerprint density at radius 3 is 2.71 bits per heavy atom. The maximum atomic E-state index is 12.2. The number of carbonyl (C=O) groups excluding carboxylic acids is 1. The number of methoxy groups -OCH3 is 1. The number of carbonyl (C=O) groups is 1. The zero-order chi connectivity index (χ0) is 15.4. The molecule has 1 aromatic heterocycles. The van der Waals surface area contributed by atoms with E-state index in [1.54, 1.807) is 18.2 Å². The third-order valence-corrected chi connectivity index (χ3v) is 3.16. The van der Waals surface area contributed by atoms with E-state index in [4.69, 9.17) is 33.2 Å². The monoisotopic (exact) mass is 321 g/mol. The summed E-state index contributed by atoms with van der Waals surface area (Å²) in [5, 5.41) is 11.9. The van der Waals surface area contributed by atoms with E-state index < -0.39 is 5.91 Å². The molecule has 0 bridgehead atoms. The number of hydrogen-bond acceptors (Lipinski definition) is 4. The highest BCUT2D eigenvalue weighted by atomic mass is 35.5. The molecule has 1 heterocycles. The van der Waals surface area contributed by atoms with Crippen LogP contribution < -0.4 is 10.1 Å². The SMILES string of the molecule is COc1cccc(C#N)c1NC(=O)c1ccc(Cl)nc1Cl. The van der Waals surface area contributed by atoms with Crippen LogP contribution in [0.1, 0.15) is 15.9 Å². The molecule has 0 radical (unpaired) electrons. The van der Waals surface area contributed by atoms with Crippen LogP contribution >= 0.6 is 23.2 Å². The van der Waals surface area contributed by atoms with Gasteiger partial charge in [-0.1, -0.05) is 29.3 Å². The number of nitrogens with zero attached hydrogens (tertiary/aromatic N) is 2. The molecule has 21 heavy (non-hydrogen) atoms. The van der Waals surface area contributed by atoms with E-state index in [-0.39, 0.29) is 27.1 Å². The summed E-state index contributed by atoms with van der Waals surface area (Å²) in [4.78, 5) is 16.0. The van der Waals surface area contributed by atoms with Crippen molar-refractivity contribution in [2.24, 2.45) is 0 Å². The van der Waals surface area contributed by atoms with Gasteiger partial charge in [-0.2, -0.15) is 5.26 Å². The normalized spacial score (nSPS) is 9.81. The fraction of sp³-hybridized carbons (Fsp3) is 0.0714. The predicted molar refractivity (Wildman–Crippen MR) is 79.9 cm³/mol. The molecule has 0 spiro atoms. The van der Waals surface area contributed by atoms with Crippen molar-refractivity contribution in [3.05, 3.63) is 51.8 Å². The molecule has 0 saturated heterocycles. The molecule has 2 aromatic rings. The zero-order valence-corrected chi connectivity index (χ0v) is 12.4. The molecular weight excluding hydrogens is 313 g/mol. The lowest BCUT2D eigenvalue weighted by Crippen LogP contribution is -2.14. The molecule has 0 aliphatic heterocycles. The van der Waals surface area contributed by atoms with Crippen molar-refractivity contribution < 1.29 is 9.53 Å². The van der Waals surface area contributed by atoms with Crippen LogP contribution in [0.25, 0.3) is 0 Å². The lowest BCUT2D eigenvalue weighted by molar-refractivity contribution is 0.102. The zero-order valence-electron chi connectivity index (χ0n) is 10.9. The third-order valence-electron chi connectivity index (χ3n) is 2.66. The van der Waals surface area contributed by atoms with E-state index in [2.05, 4.69) is 10.3 Å². The first kappa shape index (κ1) is 15.1. The molecule has 0 aliphatic rings. The molecule has 0 unspecified atom stereocenters. The summed E-state index contributed by atoms with van der Waals surface area (Å²) in [7, 11) is 1.45. The second kappa shape index (κ2) is 6.44. The Hall–Kier alpha value is -2.29. The number of benzene rings is 1. The van der Waals surface area contributed by atoms with Gasteiger partial charge in [-0.25, -0.2) is 4.98 Å². The molecule has 0 saturated carbocycles. The summed E-state index contributed by atoms with van der Waals surface area (Å²) in [6, 6.07) is 9.76. The van der Waals surface area contributed by atoms with E-state index in [1.165, 1.54) is 19.2 Å². The maximum Gasteiger partial charge on any atom is 0.258 e. The van der Waals surface area contributed by atoms with Gasteiger partial charge in [0.2, 0.25) is 0 Å². The van der Waals surface area contributed by atoms with Crippen LogP contribution in [0.4, 0.5) is 5.69 Å². The number of ether oxygens (including phenoxy) is 1. The minimum atomic E-state index is -0.509. The summed E-state index contributed by atoms with van der Waals surface area (Å²) in [6.07, 6.45) is 0. The second-order valence-corrected chi connectivity index (χ2v) is 4.67. The number of para-hydroxylation sites is 1. The van der Waals surface area contributed by atoms with Gasteiger partial charge in [-0.3, -0.25) is 4.79 Å². The van der Waals surface area contributed by atoms with Gasteiger partial charge in [0, 0.05) is 0 Å². The topological polar surface area (TPSA) is 75.0 Å². The molecule has 2 rings (SSSR count). The van der Waals surface area contributed by atoms with Crippen LogP contribution in [0.5, 0.6) is 5.75 Å². The van der Waals surface area contributed by atoms with E-state index in [0.29, 0.717) is 5.75 Å². The Morgan fingerprint density at radius 2 is 2.10 bits per heavy atom. The largest absolute Gasteiger partial charge is 0.495 e. The van der Waals surface area contributed by atoms with Crippen molar-refractivity contribution >= 4 is 34.8 Å². The minimum Gasteiger partial charge on any atom is -0.495 e. The van der Waals surface area contributed by atoms with E-state index in [9.17, 15) is 4.79 Å². The van der Waals surface area contributed by atoms with Crippen molar-refractivity contribution in [2.75, 3.05) is 12.4 Å². The summed E-state index contributed by atoms with van der Waals surface area (Å²) < 4.78 is 5.14. The fourth-order valence-electron chi connectivity index (χ4n) is 1.69. The Labute approximate surface area is 131 Å². The number of hydrogen-bond donors (Lipinski definition) is 1. The van der Waals surface area contributed by atoms with Crippen molar-refractivity contribution in [2.45, 2.75) is 0 Å². The Balaban J connectivity index is 2.38. The first-order chi connectivity index (χ1) is 10.1. The van der Waals surface area contributed by atoms with E-state index in [0.717, 1.165) is 0 Å². The number of nitrogens with one attached hydrogen (secondary N) is 1. The van der Waals surface area contributed by atoms with Crippen LogP contribution in [0.3, 0.4) is 0 Å². The van der Waals surface area contributed by atoms with Gasteiger partial charge in [-0.05, 0) is 24.3 Å². The van der Waals surface area contributed by atoms with Crippen LogP contribution in [0, 0.1) is 11.3 Å². The first-order valence-corrected chi connectivity index (χ1v) is 6.53. The van der Waals surface area contributed by atoms with Crippen molar-refractivity contribution in [1.29, 1.82) is 5.26 Å². The number of anilines is 1. The van der Waals surface area contributed by atoms with Gasteiger partial charge < -0.3 is 10.1 Å². The van der Waals surface area contributed by atoms with Crippen LogP contribution in [0.2, 0.25) is 10.3 Å². The highest BCUT2D eigenvalue weighted by Crippen LogP contribution is 2.29. The Bertz CT molecular complexity index is 741. The van der Waals surface area contributed by atoms with Crippen LogP contribution in [-0.4, -0.2) is 18.0 Å². The molecule has 5 nitrogen and oxygen atoms in total. The smallest absolute Gasteiger partial charge is 0.258 e. The summed E-state index contributed by atoms with van der Waals surface area (Å²) in [5.74, 6) is -0.134. The van der Waals surface area contributed by atoms with Gasteiger partial charge in [0.25, 0.3) is 5.91 Å². The summed E-state index contributed by atoms with van der Waals surface area (Å²) >= 11 is 11.6. The fourth-order valence-corrected chi connectivity index (χ4v) is 2.12. The number of rotatable bonds is 3. The molecular formula is C14H9Cl2N3O2. The van der Waals surface area contributed by atoms with Crippen LogP contribution in [0.15, 0.2) is 30.3 Å². The Morgan fingerprint density at radius 1 is 1.33 bits per heavy atom. The van der Waals surface area contributed by atoms with Gasteiger partial charge in [0.1, 0.15) is 27.8 Å². The van der Waals surface area contributed by atoms with Gasteiger partial charge >= 0.3 is 0 Å². The molecule has 1 N–H and O–H groups in total. The third kappa shape index (κ3) is 3.24. The second-order valence-electron chi connectivity index (χ2n) is 3.92. The first-order valence-electron chi connectivity index (χ1n) is 5.77. The van der Waals surface area contributed by atoms with Crippen molar-refractivity contribution in [3.8, 4) is 11.8 Å². The Kier molecular flexibility index (Phi) is 4.63. The average molecular weight is 322 g/mol. The molecule has 0 aliphatic carbocycles. The number of nitriles is 1. The minimum absolute atomic E-state index is 0.0200. The summed E-state index contributed by atoms with van der Waals surface area (Å²) in [5.41, 5.74) is 0.704. The van der Waals surface area contributed by atoms with Gasteiger partial charge in [-0.15, -0.1) is 0 Å². The molecule has 7 heteroatoms. The lowest BCUT2D eigenvalue weighted by Gasteiger charge is -2.12. The van der Waals surface area contributed by atoms with Crippen molar-refractivity contribution in [3.63, 3.8) is 0 Å². The highest BCUT2D eigenvalue weighted by molar-refractivity contribution is 6.35. The molecule has 0 atom stereocenters. The van der Waals surface area contributed by atoms with Crippen molar-refractivity contribution in [1.82, 2.24) is 4.98 Å². The molecule has 106 valence electrons. The van der Waals surface area contributed by atoms with Gasteiger partial charge in [0.15, 0.2) is 0 Å². The number of amides is 1. The number of pyridine rings is 1. The van der Waals surface area contributed by atoms with Gasteiger partial charge in [0.05, 0.1) is 18.2 Å².